The maximum absolute atomic E-state index is 13.7. The van der Waals surface area contributed by atoms with Gasteiger partial charge in [-0.15, -0.1) is 0 Å². The molecule has 0 saturated carbocycles. The number of hydrogen-bond acceptors (Lipinski definition) is 8. The van der Waals surface area contributed by atoms with Crippen molar-refractivity contribution in [3.63, 3.8) is 0 Å². The zero-order valence-electron chi connectivity index (χ0n) is 25.2. The molecule has 1 saturated heterocycles. The van der Waals surface area contributed by atoms with E-state index in [9.17, 15) is 23.6 Å². The number of alkyl carbamates (subject to hydrolysis) is 1. The first-order valence-corrected chi connectivity index (χ1v) is 16.0. The molecule has 0 bridgehead atoms. The van der Waals surface area contributed by atoms with Gasteiger partial charge in [-0.3, -0.25) is 0 Å². The summed E-state index contributed by atoms with van der Waals surface area (Å²) in [4.78, 5) is 13.0. The SMILES string of the molecule is COc1ccc(S(=O)(=O)N(CC(C)C)C[C@@H](O)[C@H](Cc2ccc(-c3cccc(C#N)c3)cc2)NC(=O)O[C@H]2CCOC2)cc1. The molecule has 4 rings (SSSR count). The molecule has 1 amide bonds. The molecule has 44 heavy (non-hydrogen) atoms. The topological polar surface area (TPSA) is 138 Å². The number of amides is 1. The van der Waals surface area contributed by atoms with Crippen LogP contribution in [0.2, 0.25) is 0 Å². The predicted octanol–water partition coefficient (Wildman–Crippen LogP) is 4.37. The molecule has 0 unspecified atom stereocenters. The minimum atomic E-state index is -3.98. The van der Waals surface area contributed by atoms with Crippen LogP contribution in [-0.2, 0) is 25.9 Å². The highest BCUT2D eigenvalue weighted by molar-refractivity contribution is 7.89. The summed E-state index contributed by atoms with van der Waals surface area (Å²) < 4.78 is 44.6. The number of nitrogens with one attached hydrogen (secondary N) is 1. The van der Waals surface area contributed by atoms with Crippen LogP contribution in [0.25, 0.3) is 11.1 Å². The highest BCUT2D eigenvalue weighted by atomic mass is 32.2. The van der Waals surface area contributed by atoms with Crippen molar-refractivity contribution in [3.05, 3.63) is 83.9 Å². The van der Waals surface area contributed by atoms with Crippen LogP contribution < -0.4 is 10.1 Å². The number of aliphatic hydroxyl groups excluding tert-OH is 1. The summed E-state index contributed by atoms with van der Waals surface area (Å²) in [5.74, 6) is 0.500. The van der Waals surface area contributed by atoms with Crippen molar-refractivity contribution >= 4 is 16.1 Å². The number of carbonyl (C=O) groups excluding carboxylic acids is 1. The van der Waals surface area contributed by atoms with Gasteiger partial charge in [-0.25, -0.2) is 13.2 Å². The molecule has 3 aromatic carbocycles. The third-order valence-electron chi connectivity index (χ3n) is 7.32. The largest absolute Gasteiger partial charge is 0.497 e. The lowest BCUT2D eigenvalue weighted by Gasteiger charge is -2.30. The fraction of sp³-hybridized carbons (Fsp3) is 0.394. The second-order valence-corrected chi connectivity index (χ2v) is 13.1. The summed E-state index contributed by atoms with van der Waals surface area (Å²) in [7, 11) is -2.47. The Kier molecular flexibility index (Phi) is 11.4. The lowest BCUT2D eigenvalue weighted by atomic mass is 9.97. The normalized spacial score (nSPS) is 16.3. The zero-order chi connectivity index (χ0) is 31.7. The van der Waals surface area contributed by atoms with E-state index in [0.717, 1.165) is 16.7 Å². The molecule has 3 aromatic rings. The summed E-state index contributed by atoms with van der Waals surface area (Å²) in [5.41, 5.74) is 3.17. The Morgan fingerprint density at radius 1 is 1.09 bits per heavy atom. The van der Waals surface area contributed by atoms with Crippen molar-refractivity contribution in [2.24, 2.45) is 5.92 Å². The van der Waals surface area contributed by atoms with Crippen LogP contribution in [0.4, 0.5) is 4.79 Å². The van der Waals surface area contributed by atoms with Crippen LogP contribution in [-0.4, -0.2) is 75.6 Å². The maximum Gasteiger partial charge on any atom is 0.407 e. The number of carbonyl (C=O) groups is 1. The van der Waals surface area contributed by atoms with Crippen molar-refractivity contribution in [1.29, 1.82) is 5.26 Å². The van der Waals surface area contributed by atoms with Gasteiger partial charge in [0.25, 0.3) is 0 Å². The number of nitrogens with zero attached hydrogens (tertiary/aromatic N) is 2. The molecule has 0 aromatic heterocycles. The Hall–Kier alpha value is -3.95. The van der Waals surface area contributed by atoms with Gasteiger partial charge in [-0.05, 0) is 65.4 Å². The van der Waals surface area contributed by atoms with Crippen LogP contribution in [0, 0.1) is 17.2 Å². The highest BCUT2D eigenvalue weighted by Gasteiger charge is 2.32. The monoisotopic (exact) mass is 621 g/mol. The Morgan fingerprint density at radius 2 is 1.82 bits per heavy atom. The Morgan fingerprint density at radius 3 is 2.43 bits per heavy atom. The second-order valence-electron chi connectivity index (χ2n) is 11.2. The van der Waals surface area contributed by atoms with E-state index in [1.807, 2.05) is 50.2 Å². The van der Waals surface area contributed by atoms with Crippen molar-refractivity contribution < 1.29 is 32.5 Å². The Balaban J connectivity index is 1.56. The fourth-order valence-corrected chi connectivity index (χ4v) is 6.61. The molecule has 10 nitrogen and oxygen atoms in total. The lowest BCUT2D eigenvalue weighted by Crippen LogP contribution is -2.51. The van der Waals surface area contributed by atoms with E-state index in [-0.39, 0.29) is 36.4 Å². The van der Waals surface area contributed by atoms with E-state index in [4.69, 9.17) is 14.2 Å². The van der Waals surface area contributed by atoms with Crippen molar-refractivity contribution in [1.82, 2.24) is 9.62 Å². The average molecular weight is 622 g/mol. The smallest absolute Gasteiger partial charge is 0.407 e. The molecule has 234 valence electrons. The number of nitriles is 1. The van der Waals surface area contributed by atoms with Gasteiger partial charge >= 0.3 is 6.09 Å². The van der Waals surface area contributed by atoms with Crippen LogP contribution in [0.3, 0.4) is 0 Å². The summed E-state index contributed by atoms with van der Waals surface area (Å²) >= 11 is 0. The van der Waals surface area contributed by atoms with E-state index in [2.05, 4.69) is 11.4 Å². The fourth-order valence-electron chi connectivity index (χ4n) is 4.99. The van der Waals surface area contributed by atoms with Gasteiger partial charge in [0.1, 0.15) is 11.9 Å². The van der Waals surface area contributed by atoms with Gasteiger partial charge in [-0.2, -0.15) is 9.57 Å². The van der Waals surface area contributed by atoms with Crippen molar-refractivity contribution in [2.45, 2.75) is 49.8 Å². The highest BCUT2D eigenvalue weighted by Crippen LogP contribution is 2.24. The lowest BCUT2D eigenvalue weighted by molar-refractivity contribution is 0.0644. The molecule has 1 heterocycles. The van der Waals surface area contributed by atoms with E-state index < -0.39 is 28.3 Å². The van der Waals surface area contributed by atoms with Crippen LogP contribution >= 0.6 is 0 Å². The van der Waals surface area contributed by atoms with Crippen molar-refractivity contribution in [2.75, 3.05) is 33.4 Å². The molecular formula is C33H39N3O7S. The van der Waals surface area contributed by atoms with Gasteiger partial charge in [0.2, 0.25) is 10.0 Å². The third kappa shape index (κ3) is 8.80. The first-order chi connectivity index (χ1) is 21.1. The van der Waals surface area contributed by atoms with Gasteiger partial charge in [0.05, 0.1) is 49.0 Å². The molecule has 0 aliphatic carbocycles. The summed E-state index contributed by atoms with van der Waals surface area (Å²) in [6, 6.07) is 22.2. The molecule has 1 aliphatic heterocycles. The van der Waals surface area contributed by atoms with E-state index in [0.29, 0.717) is 30.9 Å². The summed E-state index contributed by atoms with van der Waals surface area (Å²) in [6.07, 6.45) is -1.56. The zero-order valence-corrected chi connectivity index (χ0v) is 26.0. The Bertz CT molecular complexity index is 1530. The van der Waals surface area contributed by atoms with Gasteiger partial charge in [0, 0.05) is 19.5 Å². The van der Waals surface area contributed by atoms with Gasteiger partial charge in [0.15, 0.2) is 0 Å². The molecule has 0 spiro atoms. The average Bonchev–Trinajstić information content (AvgIpc) is 3.53. The van der Waals surface area contributed by atoms with Crippen LogP contribution in [0.1, 0.15) is 31.4 Å². The molecule has 1 aliphatic rings. The molecule has 11 heteroatoms. The van der Waals surface area contributed by atoms with E-state index in [1.165, 1.54) is 23.5 Å². The first-order valence-electron chi connectivity index (χ1n) is 14.6. The molecule has 2 N–H and O–H groups in total. The third-order valence-corrected chi connectivity index (χ3v) is 9.17. The number of rotatable bonds is 13. The summed E-state index contributed by atoms with van der Waals surface area (Å²) in [5, 5.41) is 23.5. The predicted molar refractivity (Wildman–Crippen MR) is 166 cm³/mol. The first kappa shape index (κ1) is 33.0. The number of sulfonamides is 1. The van der Waals surface area contributed by atoms with Gasteiger partial charge < -0.3 is 24.6 Å². The Labute approximate surface area is 259 Å². The second kappa shape index (κ2) is 15.2. The van der Waals surface area contributed by atoms with Crippen molar-refractivity contribution in [3.8, 4) is 22.9 Å². The minimum absolute atomic E-state index is 0.0268. The number of methoxy groups -OCH3 is 1. The molecule has 3 atom stereocenters. The van der Waals surface area contributed by atoms with Gasteiger partial charge in [-0.1, -0.05) is 50.2 Å². The van der Waals surface area contributed by atoms with Crippen LogP contribution in [0.5, 0.6) is 5.75 Å². The quantitative estimate of drug-likeness (QED) is 0.287. The number of benzene rings is 3. The molecule has 0 radical (unpaired) electrons. The standard InChI is InChI=1S/C33H39N3O7S/c1-23(2)20-36(44(39,40)30-13-11-28(41-3)12-14-30)21-32(37)31(35-33(38)43-29-15-16-42-22-29)18-24-7-9-26(10-8-24)27-6-4-5-25(17-27)19-34/h4-14,17,23,29,31-32,37H,15-16,18,20-22H2,1-3H3,(H,35,38)/t29-,31-,32+/m0/s1. The van der Waals surface area contributed by atoms with E-state index in [1.54, 1.807) is 24.3 Å². The number of hydrogen-bond donors (Lipinski definition) is 2. The minimum Gasteiger partial charge on any atom is -0.497 e. The maximum atomic E-state index is 13.7. The van der Waals surface area contributed by atoms with Crippen LogP contribution in [0.15, 0.2) is 77.7 Å². The summed E-state index contributed by atoms with van der Waals surface area (Å²) in [6.45, 7) is 4.51. The van der Waals surface area contributed by atoms with E-state index >= 15 is 0 Å². The number of aliphatic hydroxyl groups is 1. The number of ether oxygens (including phenoxy) is 3. The molecular weight excluding hydrogens is 582 g/mol. The molecule has 1 fully saturated rings.